The third kappa shape index (κ3) is 5.55. The van der Waals surface area contributed by atoms with Crippen LogP contribution >= 0.6 is 11.8 Å². The summed E-state index contributed by atoms with van der Waals surface area (Å²) in [7, 11) is 3.24. The second-order valence-electron chi connectivity index (χ2n) is 7.23. The monoisotopic (exact) mass is 478 g/mol. The highest BCUT2D eigenvalue weighted by Crippen LogP contribution is 2.30. The smallest absolute Gasteiger partial charge is 0.225 e. The van der Waals surface area contributed by atoms with Crippen LogP contribution in [0.5, 0.6) is 11.5 Å². The summed E-state index contributed by atoms with van der Waals surface area (Å²) < 4.78 is 25.8. The van der Waals surface area contributed by atoms with Crippen LogP contribution in [0.1, 0.15) is 6.42 Å². The molecule has 3 aromatic carbocycles. The average Bonchev–Trinajstić information content (AvgIpc) is 3.28. The number of thioether (sulfide) groups is 1. The van der Waals surface area contributed by atoms with E-state index in [1.54, 1.807) is 26.4 Å². The van der Waals surface area contributed by atoms with E-state index in [1.165, 1.54) is 23.9 Å². The summed E-state index contributed by atoms with van der Waals surface area (Å²) >= 11 is 1.42. The molecule has 1 amide bonds. The van der Waals surface area contributed by atoms with E-state index < -0.39 is 5.82 Å². The number of hydrogen-bond acceptors (Lipinski definition) is 6. The highest BCUT2D eigenvalue weighted by atomic mass is 32.2. The molecule has 4 rings (SSSR count). The molecule has 174 valence electrons. The number of methoxy groups -OCH3 is 2. The van der Waals surface area contributed by atoms with Gasteiger partial charge >= 0.3 is 0 Å². The fourth-order valence-electron chi connectivity index (χ4n) is 3.28. The van der Waals surface area contributed by atoms with Crippen LogP contribution in [0.15, 0.2) is 78.0 Å². The van der Waals surface area contributed by atoms with Crippen LogP contribution in [-0.2, 0) is 4.79 Å². The van der Waals surface area contributed by atoms with E-state index in [-0.39, 0.29) is 12.3 Å². The Labute approximate surface area is 200 Å². The number of anilines is 1. The summed E-state index contributed by atoms with van der Waals surface area (Å²) in [5, 5.41) is 12.1. The summed E-state index contributed by atoms with van der Waals surface area (Å²) in [5.74, 6) is 2.02. The van der Waals surface area contributed by atoms with Gasteiger partial charge in [-0.05, 0) is 66.7 Å². The Balaban J connectivity index is 1.53. The normalized spacial score (nSPS) is 10.7. The van der Waals surface area contributed by atoms with Crippen LogP contribution in [0.25, 0.3) is 17.1 Å². The van der Waals surface area contributed by atoms with Crippen molar-refractivity contribution in [3.63, 3.8) is 0 Å². The molecule has 0 aliphatic rings. The zero-order valence-electron chi connectivity index (χ0n) is 18.7. The molecule has 0 radical (unpaired) electrons. The Morgan fingerprint density at radius 2 is 1.65 bits per heavy atom. The maximum absolute atomic E-state index is 13.3. The Bertz CT molecular complexity index is 1260. The van der Waals surface area contributed by atoms with E-state index in [2.05, 4.69) is 15.5 Å². The zero-order chi connectivity index (χ0) is 23.9. The Kier molecular flexibility index (Phi) is 7.44. The summed E-state index contributed by atoms with van der Waals surface area (Å²) in [6, 6.07) is 21.0. The molecule has 9 heteroatoms. The molecule has 0 aliphatic heterocycles. The standard InChI is InChI=1S/C25H23FN4O3S/c1-32-21-10-6-17(7-11-21)24-28-29-25(30(24)20-8-12-22(33-2)13-9-20)34-15-14-23(31)27-19-5-3-4-18(26)16-19/h3-13,16H,14-15H2,1-2H3,(H,27,31). The number of nitrogens with zero attached hydrogens (tertiary/aromatic N) is 3. The summed E-state index contributed by atoms with van der Waals surface area (Å²) in [4.78, 5) is 12.3. The van der Waals surface area contributed by atoms with Gasteiger partial charge < -0.3 is 14.8 Å². The number of rotatable bonds is 9. The molecule has 0 unspecified atom stereocenters. The predicted octanol–water partition coefficient (Wildman–Crippen LogP) is 5.21. The summed E-state index contributed by atoms with van der Waals surface area (Å²) in [5.41, 5.74) is 2.17. The van der Waals surface area contributed by atoms with Gasteiger partial charge in [-0.2, -0.15) is 0 Å². The van der Waals surface area contributed by atoms with Crippen molar-refractivity contribution in [3.05, 3.63) is 78.6 Å². The third-order valence-electron chi connectivity index (χ3n) is 4.98. The van der Waals surface area contributed by atoms with Crippen LogP contribution in [0.2, 0.25) is 0 Å². The van der Waals surface area contributed by atoms with Crippen molar-refractivity contribution in [1.82, 2.24) is 14.8 Å². The van der Waals surface area contributed by atoms with Crippen molar-refractivity contribution < 1.29 is 18.7 Å². The number of nitrogens with one attached hydrogen (secondary N) is 1. The topological polar surface area (TPSA) is 78.3 Å². The molecular weight excluding hydrogens is 455 g/mol. The molecule has 1 heterocycles. The van der Waals surface area contributed by atoms with Gasteiger partial charge in [0.15, 0.2) is 11.0 Å². The molecule has 1 aromatic heterocycles. The zero-order valence-corrected chi connectivity index (χ0v) is 19.5. The minimum Gasteiger partial charge on any atom is -0.497 e. The molecular formula is C25H23FN4O3S. The second kappa shape index (κ2) is 10.8. The van der Waals surface area contributed by atoms with Gasteiger partial charge in [-0.3, -0.25) is 9.36 Å². The van der Waals surface area contributed by atoms with Crippen molar-refractivity contribution in [2.75, 3.05) is 25.3 Å². The number of halogens is 1. The Hall–Kier alpha value is -3.85. The van der Waals surface area contributed by atoms with Crippen molar-refractivity contribution in [2.45, 2.75) is 11.6 Å². The van der Waals surface area contributed by atoms with E-state index in [1.807, 2.05) is 53.1 Å². The first-order chi connectivity index (χ1) is 16.6. The first kappa shape index (κ1) is 23.3. The molecule has 1 N–H and O–H groups in total. The van der Waals surface area contributed by atoms with Gasteiger partial charge in [0, 0.05) is 29.1 Å². The lowest BCUT2D eigenvalue weighted by Crippen LogP contribution is -2.12. The SMILES string of the molecule is COc1ccc(-c2nnc(SCCC(=O)Nc3cccc(F)c3)n2-c2ccc(OC)cc2)cc1. The quantitative estimate of drug-likeness (QED) is 0.333. The lowest BCUT2D eigenvalue weighted by atomic mass is 10.2. The van der Waals surface area contributed by atoms with E-state index in [4.69, 9.17) is 9.47 Å². The minimum atomic E-state index is -0.397. The molecule has 0 fully saturated rings. The first-order valence-corrected chi connectivity index (χ1v) is 11.5. The highest BCUT2D eigenvalue weighted by Gasteiger charge is 2.17. The van der Waals surface area contributed by atoms with Crippen LogP contribution in [0.4, 0.5) is 10.1 Å². The van der Waals surface area contributed by atoms with E-state index >= 15 is 0 Å². The van der Waals surface area contributed by atoms with Gasteiger partial charge in [0.25, 0.3) is 0 Å². The molecule has 4 aromatic rings. The molecule has 0 bridgehead atoms. The molecule has 0 spiro atoms. The highest BCUT2D eigenvalue weighted by molar-refractivity contribution is 7.99. The van der Waals surface area contributed by atoms with Gasteiger partial charge in [-0.15, -0.1) is 10.2 Å². The number of aromatic nitrogens is 3. The predicted molar refractivity (Wildman–Crippen MR) is 130 cm³/mol. The van der Waals surface area contributed by atoms with Crippen molar-refractivity contribution in [3.8, 4) is 28.6 Å². The van der Waals surface area contributed by atoms with E-state index in [0.717, 1.165) is 22.7 Å². The lowest BCUT2D eigenvalue weighted by molar-refractivity contribution is -0.115. The number of carbonyl (C=O) groups is 1. The summed E-state index contributed by atoms with van der Waals surface area (Å²) in [6.45, 7) is 0. The van der Waals surface area contributed by atoms with Crippen LogP contribution in [0.3, 0.4) is 0 Å². The molecule has 0 saturated heterocycles. The van der Waals surface area contributed by atoms with Crippen molar-refractivity contribution in [2.24, 2.45) is 0 Å². The van der Waals surface area contributed by atoms with Gasteiger partial charge in [-0.25, -0.2) is 4.39 Å². The van der Waals surface area contributed by atoms with Crippen LogP contribution < -0.4 is 14.8 Å². The van der Waals surface area contributed by atoms with Gasteiger partial charge in [0.05, 0.1) is 14.2 Å². The fourth-order valence-corrected chi connectivity index (χ4v) is 4.17. The molecule has 7 nitrogen and oxygen atoms in total. The van der Waals surface area contributed by atoms with E-state index in [0.29, 0.717) is 22.4 Å². The molecule has 0 saturated carbocycles. The molecule has 0 aliphatic carbocycles. The second-order valence-corrected chi connectivity index (χ2v) is 8.29. The molecule has 34 heavy (non-hydrogen) atoms. The number of benzene rings is 3. The number of amides is 1. The average molecular weight is 479 g/mol. The van der Waals surface area contributed by atoms with Crippen LogP contribution in [0, 0.1) is 5.82 Å². The maximum atomic E-state index is 13.3. The van der Waals surface area contributed by atoms with Gasteiger partial charge in [0.1, 0.15) is 17.3 Å². The fraction of sp³-hybridized carbons (Fsp3) is 0.160. The van der Waals surface area contributed by atoms with Crippen LogP contribution in [-0.4, -0.2) is 40.6 Å². The number of hydrogen-bond donors (Lipinski definition) is 1. The Morgan fingerprint density at radius 1 is 0.971 bits per heavy atom. The van der Waals surface area contributed by atoms with Crippen molar-refractivity contribution in [1.29, 1.82) is 0 Å². The summed E-state index contributed by atoms with van der Waals surface area (Å²) in [6.07, 6.45) is 0.231. The Morgan fingerprint density at radius 3 is 2.29 bits per heavy atom. The lowest BCUT2D eigenvalue weighted by Gasteiger charge is -2.11. The maximum Gasteiger partial charge on any atom is 0.225 e. The van der Waals surface area contributed by atoms with Crippen molar-refractivity contribution >= 4 is 23.4 Å². The minimum absolute atomic E-state index is 0.205. The van der Waals surface area contributed by atoms with Gasteiger partial charge in [0.2, 0.25) is 5.91 Å². The van der Waals surface area contributed by atoms with E-state index in [9.17, 15) is 9.18 Å². The largest absolute Gasteiger partial charge is 0.497 e. The number of carbonyl (C=O) groups excluding carboxylic acids is 1. The first-order valence-electron chi connectivity index (χ1n) is 10.5. The number of ether oxygens (including phenoxy) is 2. The third-order valence-corrected chi connectivity index (χ3v) is 5.91. The molecule has 0 atom stereocenters. The van der Waals surface area contributed by atoms with Gasteiger partial charge in [-0.1, -0.05) is 17.8 Å².